The van der Waals surface area contributed by atoms with Crippen LogP contribution in [0.4, 0.5) is 5.69 Å². The van der Waals surface area contributed by atoms with Crippen LogP contribution in [0.2, 0.25) is 0 Å². The fraction of sp³-hybridized carbons (Fsp3) is 0.250. The molecule has 0 spiro atoms. The van der Waals surface area contributed by atoms with E-state index in [0.717, 1.165) is 0 Å². The standard InChI is InChI=1S/C12H13NO6/c1-8(12(14)15)19-11-9(6-7-18-2)4-3-5-10(11)13(16)17/h3-8H,1-2H3,(H,14,15). The molecule has 19 heavy (non-hydrogen) atoms. The van der Waals surface area contributed by atoms with Gasteiger partial charge in [0.1, 0.15) is 0 Å². The van der Waals surface area contributed by atoms with Crippen LogP contribution in [0.5, 0.6) is 5.75 Å². The summed E-state index contributed by atoms with van der Waals surface area (Å²) in [6.07, 6.45) is 1.57. The highest BCUT2D eigenvalue weighted by molar-refractivity contribution is 5.73. The van der Waals surface area contributed by atoms with Gasteiger partial charge in [-0.25, -0.2) is 4.79 Å². The molecule has 0 saturated carbocycles. The second-order valence-electron chi connectivity index (χ2n) is 3.59. The van der Waals surface area contributed by atoms with E-state index in [0.29, 0.717) is 5.56 Å². The van der Waals surface area contributed by atoms with Crippen molar-refractivity contribution < 1.29 is 24.3 Å². The Balaban J connectivity index is 3.24. The van der Waals surface area contributed by atoms with Crippen LogP contribution in [0.25, 0.3) is 6.08 Å². The minimum atomic E-state index is -1.21. The van der Waals surface area contributed by atoms with Crippen molar-refractivity contribution in [3.63, 3.8) is 0 Å². The van der Waals surface area contributed by atoms with Gasteiger partial charge in [0.15, 0.2) is 6.10 Å². The number of nitro groups is 1. The lowest BCUT2D eigenvalue weighted by atomic mass is 10.1. The van der Waals surface area contributed by atoms with Gasteiger partial charge in [0.25, 0.3) is 0 Å². The van der Waals surface area contributed by atoms with Gasteiger partial charge in [-0.15, -0.1) is 0 Å². The number of carboxylic acid groups (broad SMARTS) is 1. The fourth-order valence-corrected chi connectivity index (χ4v) is 1.31. The van der Waals surface area contributed by atoms with Crippen LogP contribution in [0, 0.1) is 10.1 Å². The van der Waals surface area contributed by atoms with Gasteiger partial charge in [-0.3, -0.25) is 10.1 Å². The summed E-state index contributed by atoms with van der Waals surface area (Å²) in [4.78, 5) is 21.1. The van der Waals surface area contributed by atoms with Gasteiger partial charge in [-0.05, 0) is 13.0 Å². The molecule has 1 aromatic carbocycles. The maximum Gasteiger partial charge on any atom is 0.344 e. The van der Waals surface area contributed by atoms with Crippen molar-refractivity contribution >= 4 is 17.7 Å². The lowest BCUT2D eigenvalue weighted by molar-refractivity contribution is -0.386. The highest BCUT2D eigenvalue weighted by atomic mass is 16.6. The van der Waals surface area contributed by atoms with Gasteiger partial charge in [0, 0.05) is 11.6 Å². The molecule has 1 atom stereocenters. The molecule has 1 rings (SSSR count). The Labute approximate surface area is 109 Å². The van der Waals surface area contributed by atoms with E-state index in [4.69, 9.17) is 14.6 Å². The Kier molecular flexibility index (Phi) is 4.87. The van der Waals surface area contributed by atoms with Crippen molar-refractivity contribution in [2.24, 2.45) is 0 Å². The highest BCUT2D eigenvalue weighted by Gasteiger charge is 2.22. The van der Waals surface area contributed by atoms with Crippen LogP contribution in [0.1, 0.15) is 12.5 Å². The maximum absolute atomic E-state index is 10.9. The number of benzene rings is 1. The highest BCUT2D eigenvalue weighted by Crippen LogP contribution is 2.32. The number of nitro benzene ring substituents is 1. The quantitative estimate of drug-likeness (QED) is 0.481. The molecule has 0 fully saturated rings. The molecule has 0 amide bonds. The molecule has 0 aliphatic heterocycles. The van der Waals surface area contributed by atoms with Gasteiger partial charge in [0.05, 0.1) is 18.3 Å². The summed E-state index contributed by atoms with van der Waals surface area (Å²) in [6.45, 7) is 1.29. The lowest BCUT2D eigenvalue weighted by Gasteiger charge is -2.12. The first-order valence-electron chi connectivity index (χ1n) is 5.33. The summed E-state index contributed by atoms with van der Waals surface area (Å²) in [5, 5.41) is 19.7. The second kappa shape index (κ2) is 6.39. The maximum atomic E-state index is 10.9. The van der Waals surface area contributed by atoms with Crippen molar-refractivity contribution in [3.8, 4) is 5.75 Å². The van der Waals surface area contributed by atoms with Crippen LogP contribution in [-0.2, 0) is 9.53 Å². The van der Waals surface area contributed by atoms with E-state index in [2.05, 4.69) is 0 Å². The third-order valence-electron chi connectivity index (χ3n) is 2.25. The Bertz CT molecular complexity index is 511. The molecule has 1 unspecified atom stereocenters. The van der Waals surface area contributed by atoms with Gasteiger partial charge < -0.3 is 14.6 Å². The van der Waals surface area contributed by atoms with Crippen LogP contribution in [-0.4, -0.2) is 29.2 Å². The molecule has 0 aliphatic carbocycles. The Morgan fingerprint density at radius 3 is 2.74 bits per heavy atom. The summed E-state index contributed by atoms with van der Waals surface area (Å²) >= 11 is 0. The zero-order valence-corrected chi connectivity index (χ0v) is 10.4. The van der Waals surface area contributed by atoms with Crippen molar-refractivity contribution in [3.05, 3.63) is 40.1 Å². The molecule has 0 radical (unpaired) electrons. The molecule has 0 heterocycles. The summed E-state index contributed by atoms with van der Waals surface area (Å²) in [5.41, 5.74) is 0.0653. The monoisotopic (exact) mass is 267 g/mol. The first-order valence-corrected chi connectivity index (χ1v) is 5.33. The number of methoxy groups -OCH3 is 1. The van der Waals surface area contributed by atoms with E-state index in [1.807, 2.05) is 0 Å². The molecule has 0 aromatic heterocycles. The minimum absolute atomic E-state index is 0.101. The number of carboxylic acids is 1. The van der Waals surface area contributed by atoms with E-state index in [9.17, 15) is 14.9 Å². The first-order chi connectivity index (χ1) is 8.97. The number of para-hydroxylation sites is 1. The normalized spacial score (nSPS) is 12.1. The van der Waals surface area contributed by atoms with E-state index in [-0.39, 0.29) is 11.4 Å². The number of carbonyl (C=O) groups is 1. The largest absolute Gasteiger partial charge is 0.504 e. The number of nitrogens with zero attached hydrogens (tertiary/aromatic N) is 1. The van der Waals surface area contributed by atoms with E-state index in [1.54, 1.807) is 6.07 Å². The average Bonchev–Trinajstić information content (AvgIpc) is 2.36. The molecule has 7 heteroatoms. The Hall–Kier alpha value is -2.57. The number of aliphatic carboxylic acids is 1. The van der Waals surface area contributed by atoms with E-state index >= 15 is 0 Å². The number of hydrogen-bond acceptors (Lipinski definition) is 5. The molecule has 1 N–H and O–H groups in total. The average molecular weight is 267 g/mol. The van der Waals surface area contributed by atoms with E-state index in [1.165, 1.54) is 38.5 Å². The van der Waals surface area contributed by atoms with Crippen molar-refractivity contribution in [1.82, 2.24) is 0 Å². The Morgan fingerprint density at radius 2 is 2.21 bits per heavy atom. The summed E-state index contributed by atoms with van der Waals surface area (Å²) in [7, 11) is 1.42. The minimum Gasteiger partial charge on any atom is -0.504 e. The van der Waals surface area contributed by atoms with Crippen LogP contribution >= 0.6 is 0 Å². The summed E-state index contributed by atoms with van der Waals surface area (Å²) in [6, 6.07) is 4.28. The van der Waals surface area contributed by atoms with Crippen molar-refractivity contribution in [2.75, 3.05) is 7.11 Å². The zero-order valence-electron chi connectivity index (χ0n) is 10.4. The van der Waals surface area contributed by atoms with Crippen LogP contribution in [0.15, 0.2) is 24.5 Å². The third-order valence-corrected chi connectivity index (χ3v) is 2.25. The van der Waals surface area contributed by atoms with Crippen LogP contribution in [0.3, 0.4) is 0 Å². The van der Waals surface area contributed by atoms with E-state index < -0.39 is 17.0 Å². The smallest absolute Gasteiger partial charge is 0.344 e. The van der Waals surface area contributed by atoms with Crippen molar-refractivity contribution in [2.45, 2.75) is 13.0 Å². The molecule has 0 aliphatic rings. The number of rotatable bonds is 6. The van der Waals surface area contributed by atoms with Gasteiger partial charge in [-0.2, -0.15) is 0 Å². The zero-order chi connectivity index (χ0) is 14.4. The third kappa shape index (κ3) is 3.70. The predicted molar refractivity (Wildman–Crippen MR) is 66.9 cm³/mol. The second-order valence-corrected chi connectivity index (χ2v) is 3.59. The SMILES string of the molecule is COC=Cc1cccc([N+](=O)[O-])c1OC(C)C(=O)O. The molecule has 7 nitrogen and oxygen atoms in total. The number of hydrogen-bond donors (Lipinski definition) is 1. The summed E-state index contributed by atoms with van der Waals surface area (Å²) < 4.78 is 9.88. The topological polar surface area (TPSA) is 98.9 Å². The first kappa shape index (κ1) is 14.5. The van der Waals surface area contributed by atoms with Gasteiger partial charge >= 0.3 is 11.7 Å². The van der Waals surface area contributed by atoms with Crippen LogP contribution < -0.4 is 4.74 Å². The molecule has 0 saturated heterocycles. The molecule has 1 aromatic rings. The number of ether oxygens (including phenoxy) is 2. The Morgan fingerprint density at radius 1 is 1.53 bits per heavy atom. The van der Waals surface area contributed by atoms with Gasteiger partial charge in [-0.1, -0.05) is 12.1 Å². The predicted octanol–water partition coefficient (Wildman–Crippen LogP) is 2.06. The summed E-state index contributed by atoms with van der Waals surface area (Å²) in [5.74, 6) is -1.31. The van der Waals surface area contributed by atoms with Crippen molar-refractivity contribution in [1.29, 1.82) is 0 Å². The lowest BCUT2D eigenvalue weighted by Crippen LogP contribution is -2.23. The fourth-order valence-electron chi connectivity index (χ4n) is 1.31. The molecular weight excluding hydrogens is 254 g/mol. The molecular formula is C12H13NO6. The molecule has 0 bridgehead atoms. The van der Waals surface area contributed by atoms with Gasteiger partial charge in [0.2, 0.25) is 5.75 Å². The molecule has 102 valence electrons.